The Morgan fingerprint density at radius 2 is 1.73 bits per heavy atom. The van der Waals surface area contributed by atoms with Crippen LogP contribution in [-0.2, 0) is 0 Å². The highest BCUT2D eigenvalue weighted by Crippen LogP contribution is 2.29. The fraction of sp³-hybridized carbons (Fsp3) is 0. The van der Waals surface area contributed by atoms with Crippen LogP contribution in [-0.4, -0.2) is 14.7 Å². The molecule has 110 valence electrons. The van der Waals surface area contributed by atoms with E-state index >= 15 is 0 Å². The van der Waals surface area contributed by atoms with Crippen molar-refractivity contribution in [1.82, 2.24) is 9.78 Å². The molecule has 2 N–H and O–H groups in total. The minimum Gasteiger partial charge on any atom is -0.383 e. The molecule has 0 aliphatic carbocycles. The Balaban J connectivity index is 1.99. The Bertz CT molecular complexity index is 826. The van der Waals surface area contributed by atoms with Gasteiger partial charge in [-0.1, -0.05) is 23.7 Å². The first-order valence-electron chi connectivity index (χ1n) is 6.40. The van der Waals surface area contributed by atoms with Crippen LogP contribution in [0, 0.1) is 10.1 Å². The van der Waals surface area contributed by atoms with Gasteiger partial charge in [-0.05, 0) is 29.8 Å². The first kappa shape index (κ1) is 14.1. The molecule has 0 atom stereocenters. The average molecular weight is 315 g/mol. The van der Waals surface area contributed by atoms with Crippen molar-refractivity contribution in [3.05, 3.63) is 69.9 Å². The molecule has 0 aliphatic heterocycles. The van der Waals surface area contributed by atoms with Crippen LogP contribution < -0.4 is 5.73 Å². The minimum absolute atomic E-state index is 0.0207. The van der Waals surface area contributed by atoms with Crippen molar-refractivity contribution in [2.75, 3.05) is 5.73 Å². The molecule has 0 unspecified atom stereocenters. The lowest BCUT2D eigenvalue weighted by Gasteiger charge is -2.05. The van der Waals surface area contributed by atoms with E-state index in [-0.39, 0.29) is 5.69 Å². The highest BCUT2D eigenvalue weighted by molar-refractivity contribution is 6.30. The summed E-state index contributed by atoms with van der Waals surface area (Å²) in [4.78, 5) is 10.2. The lowest BCUT2D eigenvalue weighted by Crippen LogP contribution is -2.02. The monoisotopic (exact) mass is 314 g/mol. The number of anilines is 1. The van der Waals surface area contributed by atoms with Gasteiger partial charge in [0, 0.05) is 22.7 Å². The van der Waals surface area contributed by atoms with Gasteiger partial charge in [0.15, 0.2) is 0 Å². The molecule has 0 amide bonds. The van der Waals surface area contributed by atoms with Gasteiger partial charge in [-0.15, -0.1) is 0 Å². The Morgan fingerprint density at radius 3 is 2.32 bits per heavy atom. The van der Waals surface area contributed by atoms with Crippen molar-refractivity contribution in [1.29, 1.82) is 0 Å². The molecule has 1 aromatic heterocycles. The van der Waals surface area contributed by atoms with E-state index in [9.17, 15) is 10.1 Å². The Kier molecular flexibility index (Phi) is 3.52. The van der Waals surface area contributed by atoms with Crippen LogP contribution in [0.15, 0.2) is 54.7 Å². The van der Waals surface area contributed by atoms with Crippen LogP contribution >= 0.6 is 11.6 Å². The number of aromatic nitrogens is 2. The first-order valence-corrected chi connectivity index (χ1v) is 6.78. The van der Waals surface area contributed by atoms with E-state index in [1.54, 1.807) is 30.5 Å². The second-order valence-electron chi connectivity index (χ2n) is 4.64. The highest BCUT2D eigenvalue weighted by atomic mass is 35.5. The second-order valence-corrected chi connectivity index (χ2v) is 5.07. The predicted molar refractivity (Wildman–Crippen MR) is 85.1 cm³/mol. The third kappa shape index (κ3) is 2.51. The Morgan fingerprint density at radius 1 is 1.09 bits per heavy atom. The summed E-state index contributed by atoms with van der Waals surface area (Å²) in [5, 5.41) is 15.6. The molecule has 0 aliphatic rings. The molecule has 0 spiro atoms. The van der Waals surface area contributed by atoms with E-state index in [1.165, 1.54) is 16.8 Å². The normalized spacial score (nSPS) is 10.6. The average Bonchev–Trinajstić information content (AvgIpc) is 2.90. The quantitative estimate of drug-likeness (QED) is 0.590. The van der Waals surface area contributed by atoms with Gasteiger partial charge in [-0.3, -0.25) is 10.1 Å². The van der Waals surface area contributed by atoms with Crippen LogP contribution in [0.25, 0.3) is 16.8 Å². The van der Waals surface area contributed by atoms with E-state index in [0.717, 1.165) is 11.1 Å². The van der Waals surface area contributed by atoms with Gasteiger partial charge in [0.05, 0.1) is 16.8 Å². The lowest BCUT2D eigenvalue weighted by molar-refractivity contribution is -0.384. The molecule has 3 aromatic rings. The number of rotatable bonds is 3. The predicted octanol–water partition coefficient (Wildman–Crippen LogP) is 3.68. The largest absolute Gasteiger partial charge is 0.383 e. The van der Waals surface area contributed by atoms with Gasteiger partial charge in [-0.2, -0.15) is 5.10 Å². The van der Waals surface area contributed by atoms with Crippen molar-refractivity contribution in [2.24, 2.45) is 0 Å². The van der Waals surface area contributed by atoms with Crippen LogP contribution in [0.4, 0.5) is 11.5 Å². The number of nitrogens with two attached hydrogens (primary N) is 1. The minimum atomic E-state index is -0.449. The maximum Gasteiger partial charge on any atom is 0.269 e. The molecular formula is C15H11ClN4O2. The number of nitrogen functional groups attached to an aromatic ring is 1. The highest BCUT2D eigenvalue weighted by Gasteiger charge is 2.12. The van der Waals surface area contributed by atoms with Gasteiger partial charge in [0.25, 0.3) is 5.69 Å². The third-order valence-electron chi connectivity index (χ3n) is 3.27. The van der Waals surface area contributed by atoms with E-state index < -0.39 is 4.92 Å². The first-order chi connectivity index (χ1) is 10.6. The fourth-order valence-corrected chi connectivity index (χ4v) is 2.26. The van der Waals surface area contributed by atoms with Crippen molar-refractivity contribution in [2.45, 2.75) is 0 Å². The van der Waals surface area contributed by atoms with E-state index in [4.69, 9.17) is 17.3 Å². The summed E-state index contributed by atoms with van der Waals surface area (Å²) in [6.45, 7) is 0. The molecule has 22 heavy (non-hydrogen) atoms. The number of halogens is 1. The van der Waals surface area contributed by atoms with Crippen LogP contribution in [0.2, 0.25) is 5.02 Å². The molecule has 7 heteroatoms. The molecule has 6 nitrogen and oxygen atoms in total. The summed E-state index contributed by atoms with van der Waals surface area (Å²) in [5.41, 5.74) is 8.48. The molecule has 0 bridgehead atoms. The zero-order valence-electron chi connectivity index (χ0n) is 11.3. The SMILES string of the molecule is Nc1c(-c2ccc(Cl)cc2)cnn1-c1ccc([N+](=O)[O-])cc1. The van der Waals surface area contributed by atoms with Gasteiger partial charge in [0.1, 0.15) is 5.82 Å². The van der Waals surface area contributed by atoms with Crippen molar-refractivity contribution >= 4 is 23.1 Å². The molecule has 0 radical (unpaired) electrons. The van der Waals surface area contributed by atoms with Gasteiger partial charge < -0.3 is 5.73 Å². The molecule has 3 rings (SSSR count). The van der Waals surface area contributed by atoms with E-state index in [2.05, 4.69) is 5.10 Å². The summed E-state index contributed by atoms with van der Waals surface area (Å²) in [6.07, 6.45) is 1.65. The maximum absolute atomic E-state index is 10.7. The van der Waals surface area contributed by atoms with Gasteiger partial charge in [-0.25, -0.2) is 4.68 Å². The lowest BCUT2D eigenvalue weighted by atomic mass is 10.1. The summed E-state index contributed by atoms with van der Waals surface area (Å²) >= 11 is 5.87. The summed E-state index contributed by atoms with van der Waals surface area (Å²) < 4.78 is 1.54. The van der Waals surface area contributed by atoms with E-state index in [1.807, 2.05) is 12.1 Å². The number of nitro benzene ring substituents is 1. The van der Waals surface area contributed by atoms with Crippen LogP contribution in [0.3, 0.4) is 0 Å². The molecule has 2 aromatic carbocycles. The van der Waals surface area contributed by atoms with Crippen LogP contribution in [0.1, 0.15) is 0 Å². The molecule has 0 saturated carbocycles. The summed E-state index contributed by atoms with van der Waals surface area (Å²) in [7, 11) is 0. The van der Waals surface area contributed by atoms with Gasteiger partial charge >= 0.3 is 0 Å². The smallest absolute Gasteiger partial charge is 0.269 e. The second kappa shape index (κ2) is 5.50. The maximum atomic E-state index is 10.7. The van der Waals surface area contributed by atoms with E-state index in [0.29, 0.717) is 16.5 Å². The number of hydrogen-bond donors (Lipinski definition) is 1. The van der Waals surface area contributed by atoms with Crippen molar-refractivity contribution in [3.63, 3.8) is 0 Å². The standard InChI is InChI=1S/C15H11ClN4O2/c16-11-3-1-10(2-4-11)14-9-18-19(15(14)17)12-5-7-13(8-6-12)20(21)22/h1-9H,17H2. The zero-order valence-corrected chi connectivity index (χ0v) is 12.1. The Labute approximate surface area is 130 Å². The fourth-order valence-electron chi connectivity index (χ4n) is 2.13. The molecular weight excluding hydrogens is 304 g/mol. The zero-order chi connectivity index (χ0) is 15.7. The molecule has 0 saturated heterocycles. The van der Waals surface area contributed by atoms with Crippen molar-refractivity contribution in [3.8, 4) is 16.8 Å². The number of benzene rings is 2. The number of nitrogens with zero attached hydrogens (tertiary/aromatic N) is 3. The topological polar surface area (TPSA) is 87.0 Å². The molecule has 1 heterocycles. The number of hydrogen-bond acceptors (Lipinski definition) is 4. The summed E-state index contributed by atoms with van der Waals surface area (Å²) in [5.74, 6) is 0.455. The van der Waals surface area contributed by atoms with Crippen LogP contribution in [0.5, 0.6) is 0 Å². The number of non-ortho nitro benzene ring substituents is 1. The Hall–Kier alpha value is -2.86. The molecule has 0 fully saturated rings. The summed E-state index contributed by atoms with van der Waals surface area (Å²) in [6, 6.07) is 13.3. The number of nitro groups is 1. The van der Waals surface area contributed by atoms with Crippen molar-refractivity contribution < 1.29 is 4.92 Å². The van der Waals surface area contributed by atoms with Gasteiger partial charge in [0.2, 0.25) is 0 Å². The third-order valence-corrected chi connectivity index (χ3v) is 3.52.